The van der Waals surface area contributed by atoms with Crippen LogP contribution in [0.25, 0.3) is 11.3 Å². The molecule has 1 aromatic heterocycles. The van der Waals surface area contributed by atoms with E-state index >= 15 is 0 Å². The highest BCUT2D eigenvalue weighted by molar-refractivity contribution is 5.68. The minimum absolute atomic E-state index is 0.0134. The summed E-state index contributed by atoms with van der Waals surface area (Å²) >= 11 is 0. The lowest BCUT2D eigenvalue weighted by Gasteiger charge is -2.15. The Bertz CT molecular complexity index is 836. The fourth-order valence-corrected chi connectivity index (χ4v) is 2.45. The number of aliphatic hydroxyl groups excluding tert-OH is 1. The molecule has 2 aromatic carbocycles. The second kappa shape index (κ2) is 7.77. The van der Waals surface area contributed by atoms with Crippen LogP contribution >= 0.6 is 0 Å². The van der Waals surface area contributed by atoms with Crippen molar-refractivity contribution in [2.75, 3.05) is 17.2 Å². The highest BCUT2D eigenvalue weighted by Gasteiger charge is 2.10. The van der Waals surface area contributed by atoms with Crippen LogP contribution in [0.15, 0.2) is 60.7 Å². The molecule has 3 rings (SSSR count). The molecule has 0 bridgehead atoms. The van der Waals surface area contributed by atoms with Crippen LogP contribution in [0.1, 0.15) is 12.5 Å². The van der Waals surface area contributed by atoms with E-state index in [2.05, 4.69) is 33.6 Å². The van der Waals surface area contributed by atoms with Crippen LogP contribution in [0.4, 0.5) is 17.5 Å². The highest BCUT2D eigenvalue weighted by Crippen LogP contribution is 2.25. The van der Waals surface area contributed by atoms with Crippen molar-refractivity contribution in [2.45, 2.75) is 19.9 Å². The van der Waals surface area contributed by atoms with Gasteiger partial charge >= 0.3 is 0 Å². The first-order chi connectivity index (χ1) is 12.2. The minimum Gasteiger partial charge on any atom is -0.394 e. The average Bonchev–Trinajstić information content (AvgIpc) is 2.64. The van der Waals surface area contributed by atoms with Gasteiger partial charge in [0.2, 0.25) is 5.95 Å². The van der Waals surface area contributed by atoms with Crippen molar-refractivity contribution >= 4 is 17.5 Å². The maximum atomic E-state index is 9.29. The second-order valence-corrected chi connectivity index (χ2v) is 6.00. The summed E-state index contributed by atoms with van der Waals surface area (Å²) in [6.07, 6.45) is 0. The first kappa shape index (κ1) is 16.9. The number of nitrogens with zero attached hydrogens (tertiary/aromatic N) is 2. The molecular formula is C20H22N4O. The lowest BCUT2D eigenvalue weighted by molar-refractivity contribution is 0.281. The highest BCUT2D eigenvalue weighted by atomic mass is 16.3. The molecule has 0 aliphatic heterocycles. The van der Waals surface area contributed by atoms with Gasteiger partial charge in [-0.1, -0.05) is 48.5 Å². The molecule has 0 saturated carbocycles. The molecule has 0 amide bonds. The summed E-state index contributed by atoms with van der Waals surface area (Å²) in [4.78, 5) is 9.12. The molecule has 1 atom stereocenters. The van der Waals surface area contributed by atoms with E-state index in [-0.39, 0.29) is 12.6 Å². The SMILES string of the molecule is Cc1ccccc1Nc1cc(-c2ccccc2)nc(N[C@H](C)CO)n1. The van der Waals surface area contributed by atoms with Gasteiger partial charge in [-0.15, -0.1) is 0 Å². The van der Waals surface area contributed by atoms with E-state index in [1.165, 1.54) is 0 Å². The van der Waals surface area contributed by atoms with Crippen molar-refractivity contribution in [1.29, 1.82) is 0 Å². The van der Waals surface area contributed by atoms with Gasteiger partial charge in [-0.3, -0.25) is 0 Å². The summed E-state index contributed by atoms with van der Waals surface area (Å²) < 4.78 is 0. The van der Waals surface area contributed by atoms with Crippen LogP contribution in [0, 0.1) is 6.92 Å². The van der Waals surface area contributed by atoms with Crippen LogP contribution in [-0.2, 0) is 0 Å². The third kappa shape index (κ3) is 4.33. The van der Waals surface area contributed by atoms with E-state index in [0.717, 1.165) is 22.5 Å². The van der Waals surface area contributed by atoms with Crippen molar-refractivity contribution in [3.63, 3.8) is 0 Å². The van der Waals surface area contributed by atoms with Gasteiger partial charge < -0.3 is 15.7 Å². The maximum absolute atomic E-state index is 9.29. The predicted molar refractivity (Wildman–Crippen MR) is 102 cm³/mol. The third-order valence-electron chi connectivity index (χ3n) is 3.85. The molecule has 25 heavy (non-hydrogen) atoms. The van der Waals surface area contributed by atoms with Crippen LogP contribution < -0.4 is 10.6 Å². The predicted octanol–water partition coefficient (Wildman–Crippen LogP) is 3.99. The first-order valence-corrected chi connectivity index (χ1v) is 8.30. The van der Waals surface area contributed by atoms with Gasteiger partial charge in [0.25, 0.3) is 0 Å². The van der Waals surface area contributed by atoms with E-state index in [1.54, 1.807) is 0 Å². The zero-order valence-corrected chi connectivity index (χ0v) is 14.4. The number of aryl methyl sites for hydroxylation is 1. The maximum Gasteiger partial charge on any atom is 0.225 e. The van der Waals surface area contributed by atoms with Crippen LogP contribution in [0.2, 0.25) is 0 Å². The largest absolute Gasteiger partial charge is 0.394 e. The van der Waals surface area contributed by atoms with Crippen LogP contribution in [0.5, 0.6) is 0 Å². The summed E-state index contributed by atoms with van der Waals surface area (Å²) in [6.45, 7) is 3.95. The summed E-state index contributed by atoms with van der Waals surface area (Å²) in [5, 5.41) is 15.8. The van der Waals surface area contributed by atoms with Crippen LogP contribution in [-0.4, -0.2) is 27.7 Å². The molecule has 128 valence electrons. The van der Waals surface area contributed by atoms with Gasteiger partial charge in [0.05, 0.1) is 12.3 Å². The zero-order chi connectivity index (χ0) is 17.6. The van der Waals surface area contributed by atoms with E-state index in [0.29, 0.717) is 11.8 Å². The number of anilines is 3. The topological polar surface area (TPSA) is 70.1 Å². The zero-order valence-electron chi connectivity index (χ0n) is 14.4. The number of rotatable bonds is 6. The Kier molecular flexibility index (Phi) is 5.26. The summed E-state index contributed by atoms with van der Waals surface area (Å²) in [5.41, 5.74) is 3.97. The molecular weight excluding hydrogens is 312 g/mol. The number of aliphatic hydroxyl groups is 1. The quantitative estimate of drug-likeness (QED) is 0.636. The molecule has 1 heterocycles. The molecule has 0 aliphatic carbocycles. The van der Waals surface area contributed by atoms with E-state index in [9.17, 15) is 5.11 Å². The van der Waals surface area contributed by atoms with E-state index in [1.807, 2.05) is 61.5 Å². The standard InChI is InChI=1S/C20H22N4O/c1-14-8-6-7-11-17(14)22-19-12-18(16-9-4-3-5-10-16)23-20(24-19)21-15(2)13-25/h3-12,15,25H,13H2,1-2H3,(H2,21,22,23,24)/t15-/m1/s1. The van der Waals surface area contributed by atoms with Crippen molar-refractivity contribution < 1.29 is 5.11 Å². The van der Waals surface area contributed by atoms with Gasteiger partial charge in [-0.25, -0.2) is 4.98 Å². The lowest BCUT2D eigenvalue weighted by atomic mass is 10.1. The Morgan fingerprint density at radius 3 is 2.44 bits per heavy atom. The molecule has 5 heteroatoms. The molecule has 0 unspecified atom stereocenters. The molecule has 3 aromatic rings. The molecule has 0 spiro atoms. The fraction of sp³-hybridized carbons (Fsp3) is 0.200. The Morgan fingerprint density at radius 1 is 1.00 bits per heavy atom. The normalized spacial score (nSPS) is 11.8. The molecule has 0 radical (unpaired) electrons. The van der Waals surface area contributed by atoms with Gasteiger partial charge in [-0.05, 0) is 25.5 Å². The van der Waals surface area contributed by atoms with Gasteiger partial charge in [0.15, 0.2) is 0 Å². The third-order valence-corrected chi connectivity index (χ3v) is 3.85. The number of nitrogens with one attached hydrogen (secondary N) is 2. The van der Waals surface area contributed by atoms with E-state index in [4.69, 9.17) is 0 Å². The summed E-state index contributed by atoms with van der Waals surface area (Å²) in [6, 6.07) is 19.8. The number of para-hydroxylation sites is 1. The minimum atomic E-state index is -0.127. The Labute approximate surface area is 147 Å². The Morgan fingerprint density at radius 2 is 1.72 bits per heavy atom. The fourth-order valence-electron chi connectivity index (χ4n) is 2.45. The van der Waals surface area contributed by atoms with Crippen LogP contribution in [0.3, 0.4) is 0 Å². The van der Waals surface area contributed by atoms with Gasteiger partial charge in [0, 0.05) is 23.4 Å². The summed E-state index contributed by atoms with van der Waals surface area (Å²) in [7, 11) is 0. The first-order valence-electron chi connectivity index (χ1n) is 8.30. The van der Waals surface area contributed by atoms with Crippen molar-refractivity contribution in [3.8, 4) is 11.3 Å². The smallest absolute Gasteiger partial charge is 0.225 e. The lowest BCUT2D eigenvalue weighted by Crippen LogP contribution is -2.21. The van der Waals surface area contributed by atoms with Gasteiger partial charge in [0.1, 0.15) is 5.82 Å². The monoisotopic (exact) mass is 334 g/mol. The van der Waals surface area contributed by atoms with Gasteiger partial charge in [-0.2, -0.15) is 4.98 Å². The average molecular weight is 334 g/mol. The van der Waals surface area contributed by atoms with Crippen molar-refractivity contribution in [3.05, 3.63) is 66.2 Å². The molecule has 5 nitrogen and oxygen atoms in total. The van der Waals surface area contributed by atoms with Crippen molar-refractivity contribution in [1.82, 2.24) is 9.97 Å². The second-order valence-electron chi connectivity index (χ2n) is 6.00. The molecule has 0 fully saturated rings. The van der Waals surface area contributed by atoms with Crippen molar-refractivity contribution in [2.24, 2.45) is 0 Å². The molecule has 0 aliphatic rings. The Balaban J connectivity index is 1.99. The van der Waals surface area contributed by atoms with E-state index < -0.39 is 0 Å². The number of aromatic nitrogens is 2. The number of hydrogen-bond donors (Lipinski definition) is 3. The summed E-state index contributed by atoms with van der Waals surface area (Å²) in [5.74, 6) is 1.19. The number of benzene rings is 2. The molecule has 3 N–H and O–H groups in total. The Hall–Kier alpha value is -2.92. The number of hydrogen-bond acceptors (Lipinski definition) is 5. The molecule has 0 saturated heterocycles.